The monoisotopic (exact) mass is 501 g/mol. The smallest absolute Gasteiger partial charge is 0.254 e. The molecule has 0 aliphatic carbocycles. The van der Waals surface area contributed by atoms with Crippen LogP contribution in [0.4, 0.5) is 0 Å². The predicted octanol–water partition coefficient (Wildman–Crippen LogP) is 5.77. The Bertz CT molecular complexity index is 1290. The second-order valence-corrected chi connectivity index (χ2v) is 9.37. The fraction of sp³-hybridized carbons (Fsp3) is 0.300. The minimum atomic E-state index is -0.394. The Kier molecular flexibility index (Phi) is 6.95. The van der Waals surface area contributed by atoms with Crippen molar-refractivity contribution in [2.45, 2.75) is 26.3 Å². The number of hydrogen-bond donors (Lipinski definition) is 0. The zero-order valence-corrected chi connectivity index (χ0v) is 21.5. The van der Waals surface area contributed by atoms with Crippen molar-refractivity contribution in [3.8, 4) is 28.7 Å². The lowest BCUT2D eigenvalue weighted by Gasteiger charge is -2.38. The SMILES string of the molecule is COc1cc(C2c3cc4c(cc3CCN2C(=O)c2ccccc2)OCO4)cc(OC)c1O/C=C/C(C)C. The van der Waals surface area contributed by atoms with Crippen LogP contribution in [0.15, 0.2) is 66.9 Å². The Morgan fingerprint density at radius 1 is 1.00 bits per heavy atom. The molecular weight excluding hydrogens is 470 g/mol. The molecule has 0 saturated heterocycles. The van der Waals surface area contributed by atoms with Crippen LogP contribution >= 0.6 is 0 Å². The third kappa shape index (κ3) is 4.81. The van der Waals surface area contributed by atoms with Gasteiger partial charge in [-0.05, 0) is 71.5 Å². The van der Waals surface area contributed by atoms with E-state index in [1.165, 1.54) is 0 Å². The number of ether oxygens (including phenoxy) is 5. The third-order valence-corrected chi connectivity index (χ3v) is 6.59. The van der Waals surface area contributed by atoms with Gasteiger partial charge in [0.1, 0.15) is 0 Å². The lowest BCUT2D eigenvalue weighted by atomic mass is 9.87. The van der Waals surface area contributed by atoms with Gasteiger partial charge in [0.25, 0.3) is 5.91 Å². The number of fused-ring (bicyclic) bond motifs is 2. The molecule has 1 amide bonds. The van der Waals surface area contributed by atoms with Gasteiger partial charge in [0, 0.05) is 12.1 Å². The standard InChI is InChI=1S/C30H31NO6/c1-19(2)11-13-35-29-26(33-3)15-22(16-27(29)34-4)28-23-17-25-24(36-18-37-25)14-21(23)10-12-31(28)30(32)20-8-6-5-7-9-20/h5-9,11,13-17,19,28H,10,12,18H2,1-4H3/b13-11+. The number of allylic oxidation sites excluding steroid dienone is 1. The average Bonchev–Trinajstić information content (AvgIpc) is 3.38. The normalized spacial score (nSPS) is 16.1. The number of hydrogen-bond acceptors (Lipinski definition) is 6. The van der Waals surface area contributed by atoms with E-state index in [2.05, 4.69) is 13.8 Å². The number of rotatable bonds is 7. The van der Waals surface area contributed by atoms with E-state index >= 15 is 0 Å². The van der Waals surface area contributed by atoms with Crippen LogP contribution in [0.25, 0.3) is 0 Å². The van der Waals surface area contributed by atoms with Crippen LogP contribution in [0.5, 0.6) is 28.7 Å². The summed E-state index contributed by atoms with van der Waals surface area (Å²) in [6.07, 6.45) is 4.30. The molecular formula is C30H31NO6. The van der Waals surface area contributed by atoms with E-state index in [0.717, 1.165) is 22.4 Å². The van der Waals surface area contributed by atoms with Gasteiger partial charge in [0.15, 0.2) is 23.0 Å². The molecule has 3 aromatic rings. The van der Waals surface area contributed by atoms with Crippen LogP contribution in [-0.4, -0.2) is 38.4 Å². The lowest BCUT2D eigenvalue weighted by molar-refractivity contribution is 0.0694. The van der Waals surface area contributed by atoms with Crippen molar-refractivity contribution in [1.82, 2.24) is 4.90 Å². The maximum absolute atomic E-state index is 13.8. The third-order valence-electron chi connectivity index (χ3n) is 6.59. The molecule has 3 aromatic carbocycles. The fourth-order valence-corrected chi connectivity index (χ4v) is 4.77. The molecule has 2 aliphatic heterocycles. The molecule has 0 N–H and O–H groups in total. The molecule has 0 spiro atoms. The summed E-state index contributed by atoms with van der Waals surface area (Å²) in [5.74, 6) is 3.21. The van der Waals surface area contributed by atoms with Crippen molar-refractivity contribution in [3.63, 3.8) is 0 Å². The summed E-state index contributed by atoms with van der Waals surface area (Å²) in [6, 6.07) is 16.8. The Hall–Kier alpha value is -4.13. The van der Waals surface area contributed by atoms with Crippen LogP contribution in [0.2, 0.25) is 0 Å². The van der Waals surface area contributed by atoms with E-state index in [1.807, 2.05) is 65.6 Å². The molecule has 5 rings (SSSR count). The molecule has 1 unspecified atom stereocenters. The van der Waals surface area contributed by atoms with Gasteiger partial charge in [-0.3, -0.25) is 4.79 Å². The largest absolute Gasteiger partial charge is 0.493 e. The van der Waals surface area contributed by atoms with Crippen LogP contribution in [0, 0.1) is 5.92 Å². The summed E-state index contributed by atoms with van der Waals surface area (Å²) in [7, 11) is 3.19. The molecule has 7 heteroatoms. The van der Waals surface area contributed by atoms with Crippen molar-refractivity contribution in [3.05, 3.63) is 89.2 Å². The van der Waals surface area contributed by atoms with Gasteiger partial charge >= 0.3 is 0 Å². The van der Waals surface area contributed by atoms with Gasteiger partial charge < -0.3 is 28.6 Å². The molecule has 0 aromatic heterocycles. The first kappa shape index (κ1) is 24.6. The molecule has 0 radical (unpaired) electrons. The average molecular weight is 502 g/mol. The highest BCUT2D eigenvalue weighted by atomic mass is 16.7. The highest BCUT2D eigenvalue weighted by molar-refractivity contribution is 5.95. The van der Waals surface area contributed by atoms with Crippen molar-refractivity contribution in [2.75, 3.05) is 27.6 Å². The fourth-order valence-electron chi connectivity index (χ4n) is 4.77. The van der Waals surface area contributed by atoms with Crippen molar-refractivity contribution in [1.29, 1.82) is 0 Å². The van der Waals surface area contributed by atoms with E-state index in [1.54, 1.807) is 20.5 Å². The van der Waals surface area contributed by atoms with Crippen LogP contribution < -0.4 is 23.7 Å². The van der Waals surface area contributed by atoms with E-state index < -0.39 is 6.04 Å². The highest BCUT2D eigenvalue weighted by Gasteiger charge is 2.35. The van der Waals surface area contributed by atoms with Gasteiger partial charge in [-0.25, -0.2) is 0 Å². The minimum absolute atomic E-state index is 0.0490. The van der Waals surface area contributed by atoms with Crippen LogP contribution in [-0.2, 0) is 6.42 Å². The highest BCUT2D eigenvalue weighted by Crippen LogP contribution is 2.47. The molecule has 37 heavy (non-hydrogen) atoms. The van der Waals surface area contributed by atoms with Crippen molar-refractivity contribution >= 4 is 5.91 Å². The first-order valence-electron chi connectivity index (χ1n) is 12.4. The Balaban J connectivity index is 1.64. The number of nitrogens with zero attached hydrogens (tertiary/aromatic N) is 1. The predicted molar refractivity (Wildman–Crippen MR) is 140 cm³/mol. The van der Waals surface area contributed by atoms with E-state index in [4.69, 9.17) is 23.7 Å². The maximum atomic E-state index is 13.8. The number of methoxy groups -OCH3 is 2. The summed E-state index contributed by atoms with van der Waals surface area (Å²) < 4.78 is 28.7. The van der Waals surface area contributed by atoms with Crippen molar-refractivity contribution in [2.24, 2.45) is 5.92 Å². The zero-order valence-electron chi connectivity index (χ0n) is 21.5. The summed E-state index contributed by atoms with van der Waals surface area (Å²) in [5, 5.41) is 0. The van der Waals surface area contributed by atoms with Gasteiger partial charge in [-0.2, -0.15) is 0 Å². The number of carbonyl (C=O) groups excluding carboxylic acids is 1. The molecule has 1 atom stereocenters. The minimum Gasteiger partial charge on any atom is -0.493 e. The summed E-state index contributed by atoms with van der Waals surface area (Å²) in [4.78, 5) is 15.7. The second kappa shape index (κ2) is 10.5. The lowest BCUT2D eigenvalue weighted by Crippen LogP contribution is -2.40. The van der Waals surface area contributed by atoms with E-state index in [9.17, 15) is 4.79 Å². The Morgan fingerprint density at radius 2 is 1.68 bits per heavy atom. The van der Waals surface area contributed by atoms with Crippen molar-refractivity contribution < 1.29 is 28.5 Å². The summed E-state index contributed by atoms with van der Waals surface area (Å²) >= 11 is 0. The van der Waals surface area contributed by atoms with Gasteiger partial charge in [0.05, 0.1) is 26.5 Å². The topological polar surface area (TPSA) is 66.5 Å². The van der Waals surface area contributed by atoms with Crippen LogP contribution in [0.3, 0.4) is 0 Å². The van der Waals surface area contributed by atoms with Gasteiger partial charge in [-0.15, -0.1) is 0 Å². The number of carbonyl (C=O) groups is 1. The number of benzene rings is 3. The Morgan fingerprint density at radius 3 is 2.32 bits per heavy atom. The van der Waals surface area contributed by atoms with Gasteiger partial charge in [-0.1, -0.05) is 32.0 Å². The second-order valence-electron chi connectivity index (χ2n) is 9.37. The first-order chi connectivity index (χ1) is 18.0. The molecule has 0 fully saturated rings. The summed E-state index contributed by atoms with van der Waals surface area (Å²) in [5.41, 5.74) is 3.58. The molecule has 7 nitrogen and oxygen atoms in total. The molecule has 0 saturated carbocycles. The van der Waals surface area contributed by atoms with E-state index in [-0.39, 0.29) is 12.7 Å². The van der Waals surface area contributed by atoms with Crippen LogP contribution in [0.1, 0.15) is 46.9 Å². The molecule has 192 valence electrons. The number of amides is 1. The first-order valence-corrected chi connectivity index (χ1v) is 12.4. The van der Waals surface area contributed by atoms with Gasteiger partial charge in [0.2, 0.25) is 12.5 Å². The molecule has 2 heterocycles. The maximum Gasteiger partial charge on any atom is 0.254 e. The quantitative estimate of drug-likeness (QED) is 0.383. The zero-order chi connectivity index (χ0) is 25.9. The Labute approximate surface area is 217 Å². The molecule has 0 bridgehead atoms. The molecule has 2 aliphatic rings. The van der Waals surface area contributed by atoms with E-state index in [0.29, 0.717) is 47.4 Å². The summed E-state index contributed by atoms with van der Waals surface area (Å²) in [6.45, 7) is 4.88.